The number of ether oxygens (including phenoxy) is 3. The normalized spacial score (nSPS) is 12.6. The first kappa shape index (κ1) is 56.9. The van der Waals surface area contributed by atoms with Gasteiger partial charge in [-0.1, -0.05) is 137 Å². The highest BCUT2D eigenvalue weighted by atomic mass is 32.2. The van der Waals surface area contributed by atoms with Crippen molar-refractivity contribution in [1.29, 1.82) is 0 Å². The molecule has 0 heterocycles. The van der Waals surface area contributed by atoms with E-state index in [0.717, 1.165) is 35.9 Å². The summed E-state index contributed by atoms with van der Waals surface area (Å²) in [5.41, 5.74) is 0.106. The molecule has 4 aromatic carbocycles. The van der Waals surface area contributed by atoms with Gasteiger partial charge in [-0.15, -0.1) is 5.11 Å². The van der Waals surface area contributed by atoms with Crippen molar-refractivity contribution in [3.05, 3.63) is 60.2 Å². The highest BCUT2D eigenvalue weighted by Gasteiger charge is 2.30. The molecule has 16 nitrogen and oxygen atoms in total. The van der Waals surface area contributed by atoms with E-state index in [2.05, 4.69) is 26.6 Å². The number of hydrogen-bond donors (Lipinski definition) is 4. The summed E-state index contributed by atoms with van der Waals surface area (Å²) in [4.78, 5) is -0.766. The lowest BCUT2D eigenvalue weighted by Gasteiger charge is -2.25. The Morgan fingerprint density at radius 2 is 1.23 bits per heavy atom. The van der Waals surface area contributed by atoms with Gasteiger partial charge in [0.15, 0.2) is 0 Å². The van der Waals surface area contributed by atoms with Crippen LogP contribution >= 0.6 is 0 Å². The number of methoxy groups -OCH3 is 1. The van der Waals surface area contributed by atoms with Gasteiger partial charge in [-0.3, -0.25) is 9.44 Å². The van der Waals surface area contributed by atoms with E-state index < -0.39 is 46.1 Å². The van der Waals surface area contributed by atoms with Crippen molar-refractivity contribution in [3.63, 3.8) is 0 Å². The number of phenols is 2. The molecule has 69 heavy (non-hydrogen) atoms. The van der Waals surface area contributed by atoms with Gasteiger partial charge in [-0.25, -0.2) is 25.3 Å². The van der Waals surface area contributed by atoms with Crippen molar-refractivity contribution in [2.24, 2.45) is 10.2 Å². The molecule has 0 saturated heterocycles. The zero-order valence-electron chi connectivity index (χ0n) is 41.8. The molecular formula is C50H75N5O11S3. The highest BCUT2D eigenvalue weighted by Crippen LogP contribution is 2.45. The summed E-state index contributed by atoms with van der Waals surface area (Å²) in [6, 6.07) is 12.3. The number of unbranched alkanes of at least 4 members (excludes halogenated alkanes) is 13. The third kappa shape index (κ3) is 16.7. The van der Waals surface area contributed by atoms with Crippen LogP contribution < -0.4 is 18.9 Å². The number of benzene rings is 4. The van der Waals surface area contributed by atoms with Gasteiger partial charge in [0, 0.05) is 48.7 Å². The molecule has 19 heteroatoms. The molecule has 4 N–H and O–H groups in total. The van der Waals surface area contributed by atoms with Gasteiger partial charge in [0.1, 0.15) is 39.4 Å². The highest BCUT2D eigenvalue weighted by molar-refractivity contribution is 7.93. The molecule has 0 atom stereocenters. The Kier molecular flexibility index (Phi) is 21.9. The Labute approximate surface area is 411 Å². The lowest BCUT2D eigenvalue weighted by molar-refractivity contribution is 0.144. The number of phenolic OH excluding ortho intramolecular Hbond substituents is 2. The van der Waals surface area contributed by atoms with Crippen LogP contribution in [0.3, 0.4) is 0 Å². The van der Waals surface area contributed by atoms with Crippen LogP contribution in [0.15, 0.2) is 74.6 Å². The molecule has 0 bridgehead atoms. The second kappa shape index (κ2) is 26.5. The SMILES string of the molecule is CCCCCCCCCCCCCCCCOc1cc(O)c(NS(=O)(=O)c2ccc(N=Nc3cc(S(=O)(=O)N(CC)CC)c(O)c4cccc(NS(C)(=O)=O)c34)cc2OCCOC)cc1C(C)(C)C. The summed E-state index contributed by atoms with van der Waals surface area (Å²) >= 11 is 0. The summed E-state index contributed by atoms with van der Waals surface area (Å²) in [5, 5.41) is 31.2. The Hall–Kier alpha value is -4.69. The lowest BCUT2D eigenvalue weighted by Crippen LogP contribution is -2.30. The van der Waals surface area contributed by atoms with Crippen LogP contribution in [0, 0.1) is 0 Å². The topological polar surface area (TPSA) is 223 Å². The summed E-state index contributed by atoms with van der Waals surface area (Å²) < 4.78 is 104. The van der Waals surface area contributed by atoms with E-state index in [4.69, 9.17) is 14.2 Å². The van der Waals surface area contributed by atoms with E-state index in [1.54, 1.807) is 19.9 Å². The minimum atomic E-state index is -4.45. The van der Waals surface area contributed by atoms with Gasteiger partial charge in [0.25, 0.3) is 10.0 Å². The fraction of sp³-hybridized carbons (Fsp3) is 0.560. The van der Waals surface area contributed by atoms with Crippen LogP contribution in [0.5, 0.6) is 23.0 Å². The van der Waals surface area contributed by atoms with Gasteiger partial charge in [-0.05, 0) is 42.2 Å². The average molecular weight is 1020 g/mol. The van der Waals surface area contributed by atoms with Gasteiger partial charge in [0.05, 0.1) is 42.2 Å². The molecule has 4 aromatic rings. The molecule has 0 saturated carbocycles. The number of hydrogen-bond acceptors (Lipinski definition) is 13. The number of aromatic hydroxyl groups is 2. The number of anilines is 2. The third-order valence-corrected chi connectivity index (χ3v) is 15.7. The number of rotatable bonds is 31. The van der Waals surface area contributed by atoms with E-state index in [9.17, 15) is 35.5 Å². The summed E-state index contributed by atoms with van der Waals surface area (Å²) in [5.74, 6) is -0.608. The Bertz CT molecular complexity index is 2670. The van der Waals surface area contributed by atoms with Crippen LogP contribution in [-0.4, -0.2) is 86.0 Å². The molecule has 0 aliphatic rings. The van der Waals surface area contributed by atoms with E-state index in [1.807, 2.05) is 20.8 Å². The second-order valence-electron chi connectivity index (χ2n) is 18.3. The number of sulfonamides is 3. The maximum Gasteiger partial charge on any atom is 0.265 e. The van der Waals surface area contributed by atoms with Crippen molar-refractivity contribution in [2.75, 3.05) is 55.7 Å². The largest absolute Gasteiger partial charge is 0.506 e. The predicted octanol–water partition coefficient (Wildman–Crippen LogP) is 12.1. The summed E-state index contributed by atoms with van der Waals surface area (Å²) in [6.45, 7) is 12.2. The summed E-state index contributed by atoms with van der Waals surface area (Å²) in [6.07, 6.45) is 18.4. The standard InChI is InChI=1S/C50H75N5O11S3/c1-9-12-13-14-15-16-17-18-19-20-21-22-23-24-30-65-44-36-43(56)41(34-39(44)50(4,5)6)54-68(60,61)46-29-28-37(33-45(46)66-32-31-64-7)51-52-42-35-47(69(62,63)55(10-2)11-3)49(57)38-26-25-27-40(48(38)42)53-67(8,58)59/h25-29,33-36,53-54,56-57H,9-24,30-32H2,1-8H3. The molecule has 0 amide bonds. The first-order valence-electron chi connectivity index (χ1n) is 24.2. The fourth-order valence-electron chi connectivity index (χ4n) is 7.96. The third-order valence-electron chi connectivity index (χ3n) is 11.6. The minimum Gasteiger partial charge on any atom is -0.506 e. The maximum absolute atomic E-state index is 14.2. The van der Waals surface area contributed by atoms with E-state index in [1.165, 1.54) is 120 Å². The molecule has 0 aliphatic heterocycles. The average Bonchev–Trinajstić information content (AvgIpc) is 3.27. The fourth-order valence-corrected chi connectivity index (χ4v) is 11.3. The van der Waals surface area contributed by atoms with E-state index in [-0.39, 0.29) is 76.2 Å². The van der Waals surface area contributed by atoms with Gasteiger partial charge in [-0.2, -0.15) is 9.42 Å². The number of nitrogens with zero attached hydrogens (tertiary/aromatic N) is 3. The molecule has 0 spiro atoms. The monoisotopic (exact) mass is 1020 g/mol. The quantitative estimate of drug-likeness (QED) is 0.0211. The smallest absolute Gasteiger partial charge is 0.265 e. The minimum absolute atomic E-state index is 0.00429. The van der Waals surface area contributed by atoms with Crippen LogP contribution in [0.4, 0.5) is 22.7 Å². The Morgan fingerprint density at radius 1 is 0.638 bits per heavy atom. The zero-order valence-corrected chi connectivity index (χ0v) is 44.2. The van der Waals surface area contributed by atoms with Gasteiger partial charge >= 0.3 is 0 Å². The zero-order chi connectivity index (χ0) is 50.8. The molecule has 0 fully saturated rings. The molecule has 0 aliphatic carbocycles. The van der Waals surface area contributed by atoms with Crippen molar-refractivity contribution in [3.8, 4) is 23.0 Å². The summed E-state index contributed by atoms with van der Waals surface area (Å²) in [7, 11) is -11.1. The van der Waals surface area contributed by atoms with Gasteiger partial charge < -0.3 is 24.4 Å². The Balaban J connectivity index is 1.58. The molecule has 4 rings (SSSR count). The number of azo groups is 1. The molecule has 0 radical (unpaired) electrons. The predicted molar refractivity (Wildman–Crippen MR) is 276 cm³/mol. The first-order valence-corrected chi connectivity index (χ1v) is 29.0. The van der Waals surface area contributed by atoms with Crippen molar-refractivity contribution >= 4 is 63.6 Å². The number of nitrogens with one attached hydrogen (secondary N) is 2. The first-order chi connectivity index (χ1) is 32.7. The van der Waals surface area contributed by atoms with Crippen molar-refractivity contribution in [2.45, 2.75) is 147 Å². The van der Waals surface area contributed by atoms with Crippen LogP contribution in [-0.2, 0) is 40.2 Å². The molecule has 0 unspecified atom stereocenters. The van der Waals surface area contributed by atoms with Gasteiger partial charge in [0.2, 0.25) is 20.0 Å². The van der Waals surface area contributed by atoms with E-state index >= 15 is 0 Å². The molecular weight excluding hydrogens is 943 g/mol. The number of fused-ring (bicyclic) bond motifs is 1. The molecule has 0 aromatic heterocycles. The molecule has 384 valence electrons. The van der Waals surface area contributed by atoms with Crippen molar-refractivity contribution < 1.29 is 49.7 Å². The van der Waals surface area contributed by atoms with Crippen LogP contribution in [0.2, 0.25) is 0 Å². The second-order valence-corrected chi connectivity index (χ2v) is 23.6. The van der Waals surface area contributed by atoms with Crippen LogP contribution in [0.1, 0.15) is 137 Å². The van der Waals surface area contributed by atoms with Crippen LogP contribution in [0.25, 0.3) is 10.8 Å². The lowest BCUT2D eigenvalue weighted by atomic mass is 9.86. The Morgan fingerprint density at radius 3 is 1.80 bits per heavy atom. The maximum atomic E-state index is 14.2. The van der Waals surface area contributed by atoms with E-state index in [0.29, 0.717) is 17.9 Å². The van der Waals surface area contributed by atoms with Crippen molar-refractivity contribution in [1.82, 2.24) is 4.31 Å².